The summed E-state index contributed by atoms with van der Waals surface area (Å²) in [4.78, 5) is 33.7. The second-order valence-corrected chi connectivity index (χ2v) is 10.0. The molecule has 1 aromatic heterocycles. The number of carbonyl (C=O) groups is 2. The topological polar surface area (TPSA) is 74.8 Å². The Kier molecular flexibility index (Phi) is 4.48. The highest BCUT2D eigenvalue weighted by Gasteiger charge is 2.52. The first-order valence-corrected chi connectivity index (χ1v) is 11.3. The second-order valence-electron chi connectivity index (χ2n) is 7.53. The normalized spacial score (nSPS) is 27.5. The largest absolute Gasteiger partial charge is 0.378 e. The summed E-state index contributed by atoms with van der Waals surface area (Å²) in [5.74, 6) is 0.627. The van der Waals surface area contributed by atoms with Crippen LogP contribution < -0.4 is 10.2 Å². The van der Waals surface area contributed by atoms with Crippen molar-refractivity contribution in [1.29, 1.82) is 0 Å². The number of morpholine rings is 1. The second kappa shape index (κ2) is 6.89. The van der Waals surface area contributed by atoms with Gasteiger partial charge in [-0.25, -0.2) is 4.98 Å². The summed E-state index contributed by atoms with van der Waals surface area (Å²) < 4.78 is 6.45. The molecule has 3 aliphatic heterocycles. The molecule has 7 nitrogen and oxygen atoms in total. The summed E-state index contributed by atoms with van der Waals surface area (Å²) in [6.45, 7) is 5.22. The fourth-order valence-electron chi connectivity index (χ4n) is 4.12. The fraction of sp³-hybridized carbons (Fsp3) is 0.526. The predicted octanol–water partition coefficient (Wildman–Crippen LogP) is 2.53. The van der Waals surface area contributed by atoms with Gasteiger partial charge < -0.3 is 19.9 Å². The number of ether oxygens (including phenoxy) is 1. The van der Waals surface area contributed by atoms with Gasteiger partial charge >= 0.3 is 0 Å². The van der Waals surface area contributed by atoms with E-state index in [1.54, 1.807) is 28.0 Å². The lowest BCUT2D eigenvalue weighted by atomic mass is 10.2. The number of rotatable bonds is 3. The highest BCUT2D eigenvalue weighted by molar-refractivity contribution is 8.01. The molecule has 0 bridgehead atoms. The van der Waals surface area contributed by atoms with Crippen molar-refractivity contribution in [3.63, 3.8) is 0 Å². The molecule has 2 aromatic rings. The monoisotopic (exact) mass is 418 g/mol. The lowest BCUT2D eigenvalue weighted by Crippen LogP contribution is -2.48. The molecule has 1 N–H and O–H groups in total. The lowest BCUT2D eigenvalue weighted by molar-refractivity contribution is -0.135. The third-order valence-corrected chi connectivity index (χ3v) is 8.26. The minimum absolute atomic E-state index is 0.0840. The first kappa shape index (κ1) is 18.2. The third kappa shape index (κ3) is 3.05. The Balaban J connectivity index is 1.33. The molecule has 4 heterocycles. The van der Waals surface area contributed by atoms with E-state index in [1.165, 1.54) is 0 Å². The van der Waals surface area contributed by atoms with E-state index in [0.29, 0.717) is 12.2 Å². The molecule has 1 aromatic carbocycles. The summed E-state index contributed by atoms with van der Waals surface area (Å²) in [5.41, 5.74) is 1.68. The molecule has 0 spiro atoms. The number of thioether (sulfide) groups is 1. The van der Waals surface area contributed by atoms with Crippen molar-refractivity contribution < 1.29 is 14.3 Å². The average Bonchev–Trinajstić information content (AvgIpc) is 3.35. The molecule has 9 heteroatoms. The van der Waals surface area contributed by atoms with Gasteiger partial charge in [0.2, 0.25) is 11.8 Å². The minimum atomic E-state index is -0.397. The number of carbonyl (C=O) groups excluding carboxylic acids is 2. The van der Waals surface area contributed by atoms with Crippen LogP contribution in [-0.4, -0.2) is 64.7 Å². The smallest absolute Gasteiger partial charge is 0.248 e. The molecular formula is C19H22N4O3S2. The summed E-state index contributed by atoms with van der Waals surface area (Å²) in [6.07, 6.45) is 1.35. The molecule has 2 unspecified atom stereocenters. The molecule has 148 valence electrons. The summed E-state index contributed by atoms with van der Waals surface area (Å²) in [7, 11) is 0. The number of anilines is 2. The van der Waals surface area contributed by atoms with Crippen molar-refractivity contribution >= 4 is 55.9 Å². The molecule has 3 saturated heterocycles. The number of hydrogen-bond acceptors (Lipinski definition) is 7. The SMILES string of the molecule is CC12CCC(=O)N1C(C(=O)Nc1ccc3nc(N4CCOCC4)sc3c1)CS2. The number of hydrogen-bond donors (Lipinski definition) is 1. The predicted molar refractivity (Wildman–Crippen MR) is 112 cm³/mol. The quantitative estimate of drug-likeness (QED) is 0.826. The molecule has 3 fully saturated rings. The van der Waals surface area contributed by atoms with Crippen LogP contribution in [0.25, 0.3) is 10.2 Å². The summed E-state index contributed by atoms with van der Waals surface area (Å²) >= 11 is 3.34. The Labute approximate surface area is 171 Å². The van der Waals surface area contributed by atoms with Gasteiger partial charge in [0.15, 0.2) is 5.13 Å². The van der Waals surface area contributed by atoms with E-state index in [0.717, 1.165) is 53.8 Å². The third-order valence-electron chi connectivity index (χ3n) is 5.67. The van der Waals surface area contributed by atoms with Crippen molar-refractivity contribution in [2.24, 2.45) is 0 Å². The zero-order chi connectivity index (χ0) is 19.3. The highest BCUT2D eigenvalue weighted by atomic mass is 32.2. The molecular weight excluding hydrogens is 396 g/mol. The maximum absolute atomic E-state index is 12.9. The van der Waals surface area contributed by atoms with E-state index in [9.17, 15) is 9.59 Å². The van der Waals surface area contributed by atoms with Crippen LogP contribution in [-0.2, 0) is 14.3 Å². The van der Waals surface area contributed by atoms with Crippen molar-refractivity contribution in [1.82, 2.24) is 9.88 Å². The number of nitrogens with one attached hydrogen (secondary N) is 1. The van der Waals surface area contributed by atoms with Crippen molar-refractivity contribution in [2.75, 3.05) is 42.3 Å². The highest BCUT2D eigenvalue weighted by Crippen LogP contribution is 2.47. The molecule has 2 amide bonds. The van der Waals surface area contributed by atoms with Crippen LogP contribution in [0.3, 0.4) is 0 Å². The summed E-state index contributed by atoms with van der Waals surface area (Å²) in [6, 6.07) is 5.41. The van der Waals surface area contributed by atoms with Crippen LogP contribution in [0.5, 0.6) is 0 Å². The Hall–Kier alpha value is -1.84. The van der Waals surface area contributed by atoms with Gasteiger partial charge in [-0.15, -0.1) is 11.8 Å². The van der Waals surface area contributed by atoms with Crippen LogP contribution in [0.15, 0.2) is 18.2 Å². The van der Waals surface area contributed by atoms with Gasteiger partial charge in [0, 0.05) is 31.0 Å². The number of nitrogens with zero attached hydrogens (tertiary/aromatic N) is 3. The molecule has 5 rings (SSSR count). The molecule has 28 heavy (non-hydrogen) atoms. The van der Waals surface area contributed by atoms with E-state index in [-0.39, 0.29) is 16.7 Å². The van der Waals surface area contributed by atoms with Crippen LogP contribution in [0.4, 0.5) is 10.8 Å². The number of aromatic nitrogens is 1. The van der Waals surface area contributed by atoms with E-state index in [2.05, 4.69) is 17.1 Å². The molecule has 2 atom stereocenters. The Morgan fingerprint density at radius 3 is 3.00 bits per heavy atom. The Morgan fingerprint density at radius 1 is 1.36 bits per heavy atom. The average molecular weight is 419 g/mol. The first-order chi connectivity index (χ1) is 13.5. The van der Waals surface area contributed by atoms with E-state index < -0.39 is 6.04 Å². The molecule has 3 aliphatic rings. The minimum Gasteiger partial charge on any atom is -0.378 e. The van der Waals surface area contributed by atoms with E-state index >= 15 is 0 Å². The Morgan fingerprint density at radius 2 is 2.18 bits per heavy atom. The standard InChI is InChI=1S/C19H22N4O3S2/c1-19-5-4-16(24)23(19)14(11-27-19)17(25)20-12-2-3-13-15(10-12)28-18(21-13)22-6-8-26-9-7-22/h2-3,10,14H,4-9,11H2,1H3,(H,20,25). The van der Waals surface area contributed by atoms with Crippen molar-refractivity contribution in [2.45, 2.75) is 30.7 Å². The molecule has 0 radical (unpaired) electrons. The first-order valence-electron chi connectivity index (χ1n) is 9.54. The summed E-state index contributed by atoms with van der Waals surface area (Å²) in [5, 5.41) is 4.01. The maximum Gasteiger partial charge on any atom is 0.248 e. The number of amides is 2. The van der Waals surface area contributed by atoms with Gasteiger partial charge in [-0.05, 0) is 31.5 Å². The van der Waals surface area contributed by atoms with Gasteiger partial charge in [-0.1, -0.05) is 11.3 Å². The van der Waals surface area contributed by atoms with Gasteiger partial charge in [0.05, 0.1) is 28.3 Å². The Bertz CT molecular complexity index is 942. The van der Waals surface area contributed by atoms with Gasteiger partial charge in [0.25, 0.3) is 0 Å². The van der Waals surface area contributed by atoms with Gasteiger partial charge in [-0.3, -0.25) is 9.59 Å². The van der Waals surface area contributed by atoms with Crippen molar-refractivity contribution in [3.05, 3.63) is 18.2 Å². The maximum atomic E-state index is 12.9. The molecule has 0 aliphatic carbocycles. The van der Waals surface area contributed by atoms with Crippen LogP contribution in [0, 0.1) is 0 Å². The van der Waals surface area contributed by atoms with Gasteiger partial charge in [-0.2, -0.15) is 0 Å². The van der Waals surface area contributed by atoms with Gasteiger partial charge in [0.1, 0.15) is 6.04 Å². The zero-order valence-electron chi connectivity index (χ0n) is 15.6. The number of fused-ring (bicyclic) bond motifs is 2. The number of benzene rings is 1. The van der Waals surface area contributed by atoms with Crippen LogP contribution >= 0.6 is 23.1 Å². The van der Waals surface area contributed by atoms with Crippen LogP contribution in [0.1, 0.15) is 19.8 Å². The number of thiazole rings is 1. The van der Waals surface area contributed by atoms with E-state index in [4.69, 9.17) is 9.72 Å². The van der Waals surface area contributed by atoms with Crippen molar-refractivity contribution in [3.8, 4) is 0 Å². The van der Waals surface area contributed by atoms with E-state index in [1.807, 2.05) is 18.2 Å². The molecule has 0 saturated carbocycles. The van der Waals surface area contributed by atoms with Crippen LogP contribution in [0.2, 0.25) is 0 Å². The zero-order valence-corrected chi connectivity index (χ0v) is 17.3. The lowest BCUT2D eigenvalue weighted by Gasteiger charge is -2.29. The fourth-order valence-corrected chi connectivity index (χ4v) is 6.61.